The maximum atomic E-state index is 13.6. The van der Waals surface area contributed by atoms with E-state index in [9.17, 15) is 22.8 Å². The summed E-state index contributed by atoms with van der Waals surface area (Å²) in [6.45, 7) is 2.28. The van der Waals surface area contributed by atoms with Crippen molar-refractivity contribution in [3.05, 3.63) is 47.7 Å². The van der Waals surface area contributed by atoms with Crippen LogP contribution >= 0.6 is 0 Å². The summed E-state index contributed by atoms with van der Waals surface area (Å²) in [5.41, 5.74) is -0.603. The van der Waals surface area contributed by atoms with Crippen LogP contribution in [0.3, 0.4) is 0 Å². The van der Waals surface area contributed by atoms with Gasteiger partial charge in [0.1, 0.15) is 11.5 Å². The Labute approximate surface area is 146 Å². The fourth-order valence-electron chi connectivity index (χ4n) is 2.47. The largest absolute Gasteiger partial charge is 0.352 e. The molecule has 2 amide bonds. The van der Waals surface area contributed by atoms with Gasteiger partial charge in [-0.25, -0.2) is 23.1 Å². The first-order valence-electron chi connectivity index (χ1n) is 7.71. The van der Waals surface area contributed by atoms with Gasteiger partial charge in [0.25, 0.3) is 5.91 Å². The molecule has 1 N–H and O–H groups in total. The number of aromatic nitrogens is 2. The van der Waals surface area contributed by atoms with Gasteiger partial charge in [0, 0.05) is 26.2 Å². The molecule has 0 bridgehead atoms. The van der Waals surface area contributed by atoms with Crippen molar-refractivity contribution >= 4 is 23.8 Å². The quantitative estimate of drug-likeness (QED) is 0.655. The molecule has 0 unspecified atom stereocenters. The van der Waals surface area contributed by atoms with Crippen LogP contribution in [0.15, 0.2) is 24.5 Å². The molecule has 3 rings (SSSR count). The molecule has 10 heteroatoms. The average molecular weight is 365 g/mol. The molecule has 1 aliphatic rings. The van der Waals surface area contributed by atoms with Gasteiger partial charge < -0.3 is 15.1 Å². The van der Waals surface area contributed by atoms with E-state index in [1.54, 1.807) is 4.90 Å². The highest BCUT2D eigenvalue weighted by atomic mass is 19.2. The second kappa shape index (κ2) is 7.38. The van der Waals surface area contributed by atoms with Gasteiger partial charge in [0.05, 0.1) is 18.1 Å². The minimum absolute atomic E-state index is 0.107. The Morgan fingerprint density at radius 3 is 2.38 bits per heavy atom. The molecule has 1 aromatic carbocycles. The number of hydrogen-bond donors (Lipinski definition) is 1. The number of nitrogens with one attached hydrogen (secondary N) is 1. The molecular weight excluding hydrogens is 351 g/mol. The van der Waals surface area contributed by atoms with Crippen LogP contribution in [0.1, 0.15) is 10.5 Å². The second-order valence-electron chi connectivity index (χ2n) is 5.57. The fourth-order valence-corrected chi connectivity index (χ4v) is 2.47. The first-order valence-corrected chi connectivity index (χ1v) is 7.71. The van der Waals surface area contributed by atoms with Crippen molar-refractivity contribution in [3.8, 4) is 0 Å². The summed E-state index contributed by atoms with van der Waals surface area (Å²) in [6.07, 6.45) is 3.37. The van der Waals surface area contributed by atoms with Crippen LogP contribution in [0.25, 0.3) is 0 Å². The topological polar surface area (TPSA) is 78.4 Å². The monoisotopic (exact) mass is 365 g/mol. The highest BCUT2D eigenvalue weighted by molar-refractivity contribution is 6.02. The van der Waals surface area contributed by atoms with Crippen molar-refractivity contribution in [1.29, 1.82) is 0 Å². The van der Waals surface area contributed by atoms with Gasteiger partial charge in [-0.1, -0.05) is 0 Å². The zero-order valence-electron chi connectivity index (χ0n) is 13.5. The van der Waals surface area contributed by atoms with E-state index < -0.39 is 29.0 Å². The number of halogens is 3. The number of anilines is 2. The van der Waals surface area contributed by atoms with Gasteiger partial charge >= 0.3 is 0 Å². The third kappa shape index (κ3) is 3.58. The highest BCUT2D eigenvalue weighted by Gasteiger charge is 2.19. The van der Waals surface area contributed by atoms with E-state index in [1.165, 1.54) is 12.4 Å². The molecule has 2 heterocycles. The normalized spacial score (nSPS) is 14.3. The second-order valence-corrected chi connectivity index (χ2v) is 5.57. The van der Waals surface area contributed by atoms with Crippen molar-refractivity contribution in [2.75, 3.05) is 36.4 Å². The number of piperazine rings is 1. The van der Waals surface area contributed by atoms with E-state index in [0.717, 1.165) is 12.5 Å². The highest BCUT2D eigenvalue weighted by Crippen LogP contribution is 2.20. The number of carbonyl (C=O) groups excluding carboxylic acids is 2. The van der Waals surface area contributed by atoms with E-state index in [0.29, 0.717) is 38.1 Å². The van der Waals surface area contributed by atoms with Gasteiger partial charge in [-0.05, 0) is 12.1 Å². The van der Waals surface area contributed by atoms with E-state index in [-0.39, 0.29) is 5.69 Å². The molecule has 0 aliphatic carbocycles. The van der Waals surface area contributed by atoms with Gasteiger partial charge in [0.2, 0.25) is 6.41 Å². The van der Waals surface area contributed by atoms with Crippen molar-refractivity contribution < 1.29 is 22.8 Å². The predicted octanol–water partition coefficient (Wildman–Crippen LogP) is 1.42. The van der Waals surface area contributed by atoms with E-state index in [1.807, 2.05) is 4.90 Å². The summed E-state index contributed by atoms with van der Waals surface area (Å²) >= 11 is 0. The number of amides is 2. The van der Waals surface area contributed by atoms with E-state index in [4.69, 9.17) is 0 Å². The van der Waals surface area contributed by atoms with Gasteiger partial charge in [0.15, 0.2) is 17.5 Å². The molecule has 2 aromatic rings. The lowest BCUT2D eigenvalue weighted by molar-refractivity contribution is -0.118. The van der Waals surface area contributed by atoms with Crippen LogP contribution in [0, 0.1) is 17.5 Å². The molecule has 0 atom stereocenters. The summed E-state index contributed by atoms with van der Waals surface area (Å²) in [4.78, 5) is 34.4. The fraction of sp³-hybridized carbons (Fsp3) is 0.250. The first-order chi connectivity index (χ1) is 12.5. The minimum atomic E-state index is -1.67. The standard InChI is InChI=1S/C16H14F3N5O2/c17-10-1-2-11(15(19)14(10)18)22-16(26)12-7-21-13(8-20-12)24-5-3-23(9-25)4-6-24/h1-2,7-9H,3-6H2,(H,22,26). The van der Waals surface area contributed by atoms with Crippen molar-refractivity contribution in [1.82, 2.24) is 14.9 Å². The molecule has 1 aliphatic heterocycles. The third-order valence-corrected chi connectivity index (χ3v) is 3.94. The van der Waals surface area contributed by atoms with Crippen LogP contribution in [0.5, 0.6) is 0 Å². The number of hydrogen-bond acceptors (Lipinski definition) is 5. The molecular formula is C16H14F3N5O2. The molecule has 0 spiro atoms. The Morgan fingerprint density at radius 2 is 1.77 bits per heavy atom. The van der Waals surface area contributed by atoms with Crippen LogP contribution in [-0.2, 0) is 4.79 Å². The molecule has 0 saturated carbocycles. The van der Waals surface area contributed by atoms with Crippen molar-refractivity contribution in [3.63, 3.8) is 0 Å². The molecule has 0 radical (unpaired) electrons. The smallest absolute Gasteiger partial charge is 0.275 e. The van der Waals surface area contributed by atoms with Crippen molar-refractivity contribution in [2.24, 2.45) is 0 Å². The van der Waals surface area contributed by atoms with Crippen LogP contribution in [0.4, 0.5) is 24.7 Å². The Bertz CT molecular complexity index is 823. The molecule has 7 nitrogen and oxygen atoms in total. The number of carbonyl (C=O) groups is 2. The minimum Gasteiger partial charge on any atom is -0.352 e. The van der Waals surface area contributed by atoms with Crippen molar-refractivity contribution in [2.45, 2.75) is 0 Å². The lowest BCUT2D eigenvalue weighted by atomic mass is 10.2. The molecule has 1 saturated heterocycles. The summed E-state index contributed by atoms with van der Waals surface area (Å²) < 4.78 is 39.7. The number of nitrogens with zero attached hydrogens (tertiary/aromatic N) is 4. The Morgan fingerprint density at radius 1 is 1.04 bits per heavy atom. The molecule has 1 fully saturated rings. The SMILES string of the molecule is O=CN1CCN(c2cnc(C(=O)Nc3ccc(F)c(F)c3F)cn2)CC1. The maximum absolute atomic E-state index is 13.6. The Balaban J connectivity index is 1.68. The lowest BCUT2D eigenvalue weighted by Gasteiger charge is -2.33. The first kappa shape index (κ1) is 17.6. The summed E-state index contributed by atoms with van der Waals surface area (Å²) in [5.74, 6) is -4.78. The zero-order chi connectivity index (χ0) is 18.7. The Hall–Kier alpha value is -3.17. The van der Waals surface area contributed by atoms with Crippen LogP contribution in [0.2, 0.25) is 0 Å². The Kier molecular flexibility index (Phi) is 5.01. The summed E-state index contributed by atoms with van der Waals surface area (Å²) in [7, 11) is 0. The number of rotatable bonds is 4. The zero-order valence-corrected chi connectivity index (χ0v) is 13.5. The van der Waals surface area contributed by atoms with Gasteiger partial charge in [-0.2, -0.15) is 0 Å². The van der Waals surface area contributed by atoms with Crippen LogP contribution in [-0.4, -0.2) is 53.4 Å². The summed E-state index contributed by atoms with van der Waals surface area (Å²) in [5, 5.41) is 2.12. The predicted molar refractivity (Wildman–Crippen MR) is 86.2 cm³/mol. The van der Waals surface area contributed by atoms with E-state index in [2.05, 4.69) is 15.3 Å². The van der Waals surface area contributed by atoms with Gasteiger partial charge in [-0.15, -0.1) is 0 Å². The van der Waals surface area contributed by atoms with Crippen LogP contribution < -0.4 is 10.2 Å². The lowest BCUT2D eigenvalue weighted by Crippen LogP contribution is -2.46. The maximum Gasteiger partial charge on any atom is 0.275 e. The van der Waals surface area contributed by atoms with E-state index >= 15 is 0 Å². The molecule has 136 valence electrons. The number of benzene rings is 1. The average Bonchev–Trinajstić information content (AvgIpc) is 2.68. The van der Waals surface area contributed by atoms with Gasteiger partial charge in [-0.3, -0.25) is 9.59 Å². The third-order valence-electron chi connectivity index (χ3n) is 3.94. The molecule has 26 heavy (non-hydrogen) atoms. The molecule has 1 aromatic heterocycles. The summed E-state index contributed by atoms with van der Waals surface area (Å²) in [6, 6.07) is 1.63.